The fourth-order valence-electron chi connectivity index (χ4n) is 1.23. The fraction of sp³-hybridized carbons (Fsp3) is 0. The highest BCUT2D eigenvalue weighted by molar-refractivity contribution is 9.10. The lowest BCUT2D eigenvalue weighted by molar-refractivity contribution is -0.384. The van der Waals surface area contributed by atoms with E-state index in [4.69, 9.17) is 0 Å². The summed E-state index contributed by atoms with van der Waals surface area (Å²) in [5.41, 5.74) is -0.0272. The molecule has 2 aromatic heterocycles. The Hall–Kier alpha value is -1.69. The number of hydrogen-bond acceptors (Lipinski definition) is 3. The molecular weight excluding hydrogens is 262 g/mol. The van der Waals surface area contributed by atoms with Gasteiger partial charge in [-0.05, 0) is 28.1 Å². The number of aromatic nitrogens is 2. The van der Waals surface area contributed by atoms with E-state index in [0.29, 0.717) is 10.3 Å². The van der Waals surface area contributed by atoms with Crippen LogP contribution in [-0.2, 0) is 0 Å². The number of halogens is 1. The average molecular weight is 268 g/mol. The van der Waals surface area contributed by atoms with Gasteiger partial charge in [0.25, 0.3) is 0 Å². The Balaban J connectivity index is 2.61. The molecule has 0 atom stereocenters. The highest BCUT2D eigenvalue weighted by Gasteiger charge is 2.16. The molecule has 0 saturated carbocycles. The Labute approximate surface area is 93.6 Å². The number of pyridine rings is 1. The Morgan fingerprint density at radius 3 is 2.67 bits per heavy atom. The van der Waals surface area contributed by atoms with E-state index in [-0.39, 0.29) is 5.69 Å². The SMILES string of the molecule is O=[N+]([O-])c1cc(Br)cnc1-n1cccc1. The predicted octanol–water partition coefficient (Wildman–Crippen LogP) is 2.54. The molecule has 0 radical (unpaired) electrons. The van der Waals surface area contributed by atoms with Crippen molar-refractivity contribution in [2.45, 2.75) is 0 Å². The fourth-order valence-corrected chi connectivity index (χ4v) is 1.55. The molecule has 0 saturated heterocycles. The van der Waals surface area contributed by atoms with Gasteiger partial charge in [-0.25, -0.2) is 4.98 Å². The maximum absolute atomic E-state index is 10.8. The number of hydrogen-bond donors (Lipinski definition) is 0. The molecule has 0 aliphatic heterocycles. The Kier molecular flexibility index (Phi) is 2.51. The zero-order chi connectivity index (χ0) is 10.8. The second kappa shape index (κ2) is 3.82. The molecule has 76 valence electrons. The van der Waals surface area contributed by atoms with Gasteiger partial charge in [-0.2, -0.15) is 0 Å². The summed E-state index contributed by atoms with van der Waals surface area (Å²) in [6.07, 6.45) is 4.95. The minimum Gasteiger partial charge on any atom is -0.303 e. The number of nitrogens with zero attached hydrogens (tertiary/aromatic N) is 3. The molecular formula is C9H6BrN3O2. The lowest BCUT2D eigenvalue weighted by Gasteiger charge is -2.02. The Morgan fingerprint density at radius 2 is 2.07 bits per heavy atom. The second-order valence-electron chi connectivity index (χ2n) is 2.84. The predicted molar refractivity (Wildman–Crippen MR) is 57.9 cm³/mol. The van der Waals surface area contributed by atoms with Crippen LogP contribution >= 0.6 is 15.9 Å². The topological polar surface area (TPSA) is 61.0 Å². The minimum absolute atomic E-state index is 0.0272. The molecule has 0 N–H and O–H groups in total. The molecule has 0 spiro atoms. The smallest absolute Gasteiger partial charge is 0.303 e. The summed E-state index contributed by atoms with van der Waals surface area (Å²) in [6.45, 7) is 0. The lowest BCUT2D eigenvalue weighted by atomic mass is 10.4. The van der Waals surface area contributed by atoms with E-state index >= 15 is 0 Å². The van der Waals surface area contributed by atoms with Gasteiger partial charge in [-0.1, -0.05) is 0 Å². The summed E-state index contributed by atoms with van der Waals surface area (Å²) in [7, 11) is 0. The molecule has 0 aliphatic carbocycles. The molecule has 15 heavy (non-hydrogen) atoms. The number of nitro groups is 1. The second-order valence-corrected chi connectivity index (χ2v) is 3.76. The van der Waals surface area contributed by atoms with E-state index in [9.17, 15) is 10.1 Å². The summed E-state index contributed by atoms with van der Waals surface area (Å²) in [5, 5.41) is 10.8. The first-order valence-corrected chi connectivity index (χ1v) is 4.91. The van der Waals surface area contributed by atoms with Gasteiger partial charge in [0.05, 0.1) is 4.92 Å². The third-order valence-electron chi connectivity index (χ3n) is 1.86. The van der Waals surface area contributed by atoms with Gasteiger partial charge in [-0.15, -0.1) is 0 Å². The largest absolute Gasteiger partial charge is 0.313 e. The zero-order valence-electron chi connectivity index (χ0n) is 7.50. The minimum atomic E-state index is -0.451. The molecule has 0 aliphatic rings. The summed E-state index contributed by atoms with van der Waals surface area (Å²) < 4.78 is 2.19. The van der Waals surface area contributed by atoms with Crippen LogP contribution in [0, 0.1) is 10.1 Å². The molecule has 0 unspecified atom stereocenters. The van der Waals surface area contributed by atoms with Crippen LogP contribution in [-0.4, -0.2) is 14.5 Å². The summed E-state index contributed by atoms with van der Waals surface area (Å²) in [4.78, 5) is 14.4. The normalized spacial score (nSPS) is 10.2. The lowest BCUT2D eigenvalue weighted by Crippen LogP contribution is -2.00. The molecule has 2 aromatic rings. The highest BCUT2D eigenvalue weighted by Crippen LogP contribution is 2.24. The van der Waals surface area contributed by atoms with Gasteiger partial charge >= 0.3 is 5.69 Å². The van der Waals surface area contributed by atoms with Gasteiger partial charge in [0.2, 0.25) is 5.82 Å². The van der Waals surface area contributed by atoms with Gasteiger partial charge in [0.1, 0.15) is 0 Å². The summed E-state index contributed by atoms with van der Waals surface area (Å²) in [6, 6.07) is 5.00. The van der Waals surface area contributed by atoms with Crippen LogP contribution in [0.1, 0.15) is 0 Å². The quantitative estimate of drug-likeness (QED) is 0.621. The molecule has 0 amide bonds. The third-order valence-corrected chi connectivity index (χ3v) is 2.29. The van der Waals surface area contributed by atoms with Crippen LogP contribution in [0.5, 0.6) is 0 Å². The van der Waals surface area contributed by atoms with E-state index in [1.54, 1.807) is 29.1 Å². The third kappa shape index (κ3) is 1.89. The maximum atomic E-state index is 10.8. The van der Waals surface area contributed by atoms with Crippen LogP contribution in [0.25, 0.3) is 5.82 Å². The monoisotopic (exact) mass is 267 g/mol. The first-order valence-electron chi connectivity index (χ1n) is 4.12. The van der Waals surface area contributed by atoms with Crippen molar-refractivity contribution in [2.24, 2.45) is 0 Å². The molecule has 5 nitrogen and oxygen atoms in total. The van der Waals surface area contributed by atoms with E-state index in [0.717, 1.165) is 0 Å². The van der Waals surface area contributed by atoms with E-state index in [1.807, 2.05) is 0 Å². The van der Waals surface area contributed by atoms with Crippen LogP contribution in [0.15, 0.2) is 41.3 Å². The Morgan fingerprint density at radius 1 is 1.40 bits per heavy atom. The molecule has 2 rings (SSSR count). The van der Waals surface area contributed by atoms with Crippen molar-refractivity contribution in [3.05, 3.63) is 51.4 Å². The van der Waals surface area contributed by atoms with Crippen LogP contribution in [0.3, 0.4) is 0 Å². The van der Waals surface area contributed by atoms with Crippen molar-refractivity contribution in [3.63, 3.8) is 0 Å². The van der Waals surface area contributed by atoms with Crippen LogP contribution < -0.4 is 0 Å². The van der Waals surface area contributed by atoms with E-state index in [2.05, 4.69) is 20.9 Å². The van der Waals surface area contributed by atoms with Gasteiger partial charge in [0, 0.05) is 29.1 Å². The van der Waals surface area contributed by atoms with E-state index in [1.165, 1.54) is 12.3 Å². The summed E-state index contributed by atoms with van der Waals surface area (Å²) in [5.74, 6) is 0.313. The van der Waals surface area contributed by atoms with Crippen molar-refractivity contribution < 1.29 is 4.92 Å². The average Bonchev–Trinajstić information content (AvgIpc) is 2.70. The standard InChI is InChI=1S/C9H6BrN3O2/c10-7-5-8(13(14)15)9(11-6-7)12-3-1-2-4-12/h1-6H. The first-order chi connectivity index (χ1) is 7.18. The van der Waals surface area contributed by atoms with Crippen molar-refractivity contribution in [3.8, 4) is 5.82 Å². The van der Waals surface area contributed by atoms with E-state index < -0.39 is 4.92 Å². The van der Waals surface area contributed by atoms with Gasteiger partial charge in [-0.3, -0.25) is 10.1 Å². The van der Waals surface area contributed by atoms with Crippen molar-refractivity contribution in [1.82, 2.24) is 9.55 Å². The maximum Gasteiger partial charge on any atom is 0.313 e. The van der Waals surface area contributed by atoms with Crippen molar-refractivity contribution >= 4 is 21.6 Å². The molecule has 0 bridgehead atoms. The summed E-state index contributed by atoms with van der Waals surface area (Å²) >= 11 is 3.15. The van der Waals surface area contributed by atoms with Crippen molar-refractivity contribution in [2.75, 3.05) is 0 Å². The van der Waals surface area contributed by atoms with Crippen LogP contribution in [0.2, 0.25) is 0 Å². The Bertz CT molecular complexity index is 496. The molecule has 0 aromatic carbocycles. The first kappa shape index (κ1) is 9.85. The zero-order valence-corrected chi connectivity index (χ0v) is 9.09. The van der Waals surface area contributed by atoms with Gasteiger partial charge in [0.15, 0.2) is 0 Å². The van der Waals surface area contributed by atoms with Crippen LogP contribution in [0.4, 0.5) is 5.69 Å². The molecule has 0 fully saturated rings. The molecule has 2 heterocycles. The highest BCUT2D eigenvalue weighted by atomic mass is 79.9. The molecule has 6 heteroatoms. The van der Waals surface area contributed by atoms with Crippen molar-refractivity contribution in [1.29, 1.82) is 0 Å². The number of rotatable bonds is 2. The van der Waals surface area contributed by atoms with Gasteiger partial charge < -0.3 is 4.57 Å².